The summed E-state index contributed by atoms with van der Waals surface area (Å²) in [6.45, 7) is 7.74. The van der Waals surface area contributed by atoms with Crippen molar-refractivity contribution in [1.82, 2.24) is 0 Å². The van der Waals surface area contributed by atoms with Crippen molar-refractivity contribution in [2.75, 3.05) is 13.2 Å². The third kappa shape index (κ3) is 7.48. The molecule has 0 saturated heterocycles. The Labute approximate surface area is 75.3 Å². The van der Waals surface area contributed by atoms with E-state index >= 15 is 0 Å². The number of hydrogen-bond donors (Lipinski definition) is 0. The van der Waals surface area contributed by atoms with E-state index in [1.54, 1.807) is 6.21 Å². The Morgan fingerprint density at radius 1 is 1.42 bits per heavy atom. The van der Waals surface area contributed by atoms with Gasteiger partial charge in [-0.25, -0.2) is 0 Å². The summed E-state index contributed by atoms with van der Waals surface area (Å²) in [4.78, 5) is 4.10. The van der Waals surface area contributed by atoms with Crippen molar-refractivity contribution in [2.24, 2.45) is 4.99 Å². The van der Waals surface area contributed by atoms with E-state index < -0.39 is 0 Å². The van der Waals surface area contributed by atoms with Gasteiger partial charge in [-0.1, -0.05) is 19.4 Å². The van der Waals surface area contributed by atoms with E-state index in [9.17, 15) is 0 Å². The second kappa shape index (κ2) is 8.47. The van der Waals surface area contributed by atoms with Crippen LogP contribution in [0, 0.1) is 0 Å². The molecule has 0 aromatic rings. The highest BCUT2D eigenvalue weighted by Crippen LogP contribution is 1.96. The molecule has 0 heterocycles. The standard InChI is InChI=1S/C10H19NO/c1-4-7-12-8-6-11-9-10(3)5-2/h6,9H,4-5,7-8H2,1-3H3/b10-9+,11-6?. The second-order valence-electron chi connectivity index (χ2n) is 2.74. The number of ether oxygens (including phenoxy) is 1. The summed E-state index contributed by atoms with van der Waals surface area (Å²) in [7, 11) is 0. The Morgan fingerprint density at radius 3 is 2.75 bits per heavy atom. The molecular weight excluding hydrogens is 150 g/mol. The number of allylic oxidation sites excluding steroid dienone is 1. The second-order valence-corrected chi connectivity index (χ2v) is 2.74. The van der Waals surface area contributed by atoms with Crippen LogP contribution >= 0.6 is 0 Å². The van der Waals surface area contributed by atoms with E-state index in [0.717, 1.165) is 19.4 Å². The van der Waals surface area contributed by atoms with E-state index in [1.807, 2.05) is 6.20 Å². The quantitative estimate of drug-likeness (QED) is 0.442. The number of aliphatic imine (C=N–C) groups is 1. The van der Waals surface area contributed by atoms with Gasteiger partial charge in [-0.15, -0.1) is 0 Å². The smallest absolute Gasteiger partial charge is 0.0818 e. The fourth-order valence-corrected chi connectivity index (χ4v) is 0.595. The molecule has 2 heteroatoms. The van der Waals surface area contributed by atoms with Crippen LogP contribution in [0.15, 0.2) is 16.8 Å². The minimum Gasteiger partial charge on any atom is -0.376 e. The van der Waals surface area contributed by atoms with Crippen LogP contribution in [0.3, 0.4) is 0 Å². The maximum Gasteiger partial charge on any atom is 0.0818 e. The van der Waals surface area contributed by atoms with E-state index in [0.29, 0.717) is 6.61 Å². The molecule has 0 aliphatic rings. The molecule has 0 saturated carbocycles. The highest BCUT2D eigenvalue weighted by molar-refractivity contribution is 5.59. The molecule has 0 bridgehead atoms. The predicted molar refractivity (Wildman–Crippen MR) is 53.7 cm³/mol. The zero-order valence-corrected chi connectivity index (χ0v) is 8.34. The van der Waals surface area contributed by atoms with Crippen LogP contribution in [0.5, 0.6) is 0 Å². The van der Waals surface area contributed by atoms with Crippen LogP contribution in [-0.4, -0.2) is 19.4 Å². The van der Waals surface area contributed by atoms with Gasteiger partial charge in [0.05, 0.1) is 6.61 Å². The fourth-order valence-electron chi connectivity index (χ4n) is 0.595. The van der Waals surface area contributed by atoms with Gasteiger partial charge in [0.15, 0.2) is 0 Å². The summed E-state index contributed by atoms with van der Waals surface area (Å²) < 4.78 is 5.22. The predicted octanol–water partition coefficient (Wildman–Crippen LogP) is 2.80. The number of rotatable bonds is 6. The van der Waals surface area contributed by atoms with Crippen molar-refractivity contribution in [3.63, 3.8) is 0 Å². The molecular formula is C10H19NO. The monoisotopic (exact) mass is 169 g/mol. The topological polar surface area (TPSA) is 21.6 Å². The third-order valence-electron chi connectivity index (χ3n) is 1.50. The van der Waals surface area contributed by atoms with Gasteiger partial charge in [-0.3, -0.25) is 4.99 Å². The molecule has 0 atom stereocenters. The number of hydrogen-bond acceptors (Lipinski definition) is 2. The van der Waals surface area contributed by atoms with Crippen LogP contribution in [0.4, 0.5) is 0 Å². The first-order valence-corrected chi connectivity index (χ1v) is 4.56. The minimum absolute atomic E-state index is 0.626. The normalized spacial score (nSPS) is 12.8. The Morgan fingerprint density at radius 2 is 2.17 bits per heavy atom. The average molecular weight is 169 g/mol. The van der Waals surface area contributed by atoms with Crippen LogP contribution in [0.2, 0.25) is 0 Å². The van der Waals surface area contributed by atoms with Crippen molar-refractivity contribution >= 4 is 6.21 Å². The Bertz CT molecular complexity index is 150. The highest BCUT2D eigenvalue weighted by atomic mass is 16.5. The van der Waals surface area contributed by atoms with Gasteiger partial charge in [0, 0.05) is 19.0 Å². The molecule has 0 aromatic heterocycles. The largest absolute Gasteiger partial charge is 0.376 e. The van der Waals surface area contributed by atoms with Gasteiger partial charge in [0.2, 0.25) is 0 Å². The number of nitrogens with zero attached hydrogens (tertiary/aromatic N) is 1. The maximum atomic E-state index is 5.22. The first kappa shape index (κ1) is 11.4. The van der Waals surface area contributed by atoms with Gasteiger partial charge in [-0.05, 0) is 19.8 Å². The lowest BCUT2D eigenvalue weighted by Crippen LogP contribution is -1.95. The molecule has 0 radical (unpaired) electrons. The van der Waals surface area contributed by atoms with Crippen molar-refractivity contribution < 1.29 is 4.74 Å². The van der Waals surface area contributed by atoms with Crippen LogP contribution in [0.1, 0.15) is 33.6 Å². The van der Waals surface area contributed by atoms with Crippen LogP contribution in [0.25, 0.3) is 0 Å². The van der Waals surface area contributed by atoms with Crippen molar-refractivity contribution in [2.45, 2.75) is 33.6 Å². The Kier molecular flexibility index (Phi) is 8.02. The molecule has 0 aromatic carbocycles. The molecule has 70 valence electrons. The van der Waals surface area contributed by atoms with Gasteiger partial charge in [-0.2, -0.15) is 0 Å². The Hall–Kier alpha value is -0.630. The lowest BCUT2D eigenvalue weighted by Gasteiger charge is -1.94. The van der Waals surface area contributed by atoms with E-state index in [1.165, 1.54) is 5.57 Å². The molecule has 0 N–H and O–H groups in total. The lowest BCUT2D eigenvalue weighted by atomic mass is 10.3. The zero-order valence-electron chi connectivity index (χ0n) is 8.34. The van der Waals surface area contributed by atoms with E-state index in [2.05, 4.69) is 25.8 Å². The summed E-state index contributed by atoms with van der Waals surface area (Å²) in [6.07, 6.45) is 5.81. The minimum atomic E-state index is 0.626. The SMILES string of the molecule is CCCOCC=N/C=C(\C)CC. The molecule has 0 aliphatic carbocycles. The molecule has 0 spiro atoms. The molecule has 2 nitrogen and oxygen atoms in total. The summed E-state index contributed by atoms with van der Waals surface area (Å²) in [5.41, 5.74) is 1.29. The van der Waals surface area contributed by atoms with Gasteiger partial charge < -0.3 is 4.74 Å². The van der Waals surface area contributed by atoms with Crippen LogP contribution in [-0.2, 0) is 4.74 Å². The van der Waals surface area contributed by atoms with Crippen LogP contribution < -0.4 is 0 Å². The molecule has 0 rings (SSSR count). The molecule has 0 aliphatic heterocycles. The molecule has 0 unspecified atom stereocenters. The summed E-state index contributed by atoms with van der Waals surface area (Å²) in [5.74, 6) is 0. The van der Waals surface area contributed by atoms with Crippen molar-refractivity contribution in [3.8, 4) is 0 Å². The lowest BCUT2D eigenvalue weighted by molar-refractivity contribution is 0.175. The van der Waals surface area contributed by atoms with E-state index in [4.69, 9.17) is 4.74 Å². The fraction of sp³-hybridized carbons (Fsp3) is 0.700. The van der Waals surface area contributed by atoms with Gasteiger partial charge in [0.1, 0.15) is 0 Å². The van der Waals surface area contributed by atoms with Gasteiger partial charge >= 0.3 is 0 Å². The van der Waals surface area contributed by atoms with Crippen molar-refractivity contribution in [3.05, 3.63) is 11.8 Å². The first-order valence-electron chi connectivity index (χ1n) is 4.56. The van der Waals surface area contributed by atoms with E-state index in [-0.39, 0.29) is 0 Å². The van der Waals surface area contributed by atoms with Crippen molar-refractivity contribution in [1.29, 1.82) is 0 Å². The summed E-state index contributed by atoms with van der Waals surface area (Å²) in [6, 6.07) is 0. The zero-order chi connectivity index (χ0) is 9.23. The molecule has 0 fully saturated rings. The maximum absolute atomic E-state index is 5.22. The average Bonchev–Trinajstić information content (AvgIpc) is 2.10. The Balaban J connectivity index is 3.36. The summed E-state index contributed by atoms with van der Waals surface area (Å²) >= 11 is 0. The first-order chi connectivity index (χ1) is 5.81. The third-order valence-corrected chi connectivity index (χ3v) is 1.50. The summed E-state index contributed by atoms with van der Waals surface area (Å²) in [5, 5.41) is 0. The molecule has 12 heavy (non-hydrogen) atoms. The highest BCUT2D eigenvalue weighted by Gasteiger charge is 1.80. The molecule has 0 amide bonds. The van der Waals surface area contributed by atoms with Gasteiger partial charge in [0.25, 0.3) is 0 Å².